The van der Waals surface area contributed by atoms with Crippen LogP contribution in [0.25, 0.3) is 0 Å². The highest BCUT2D eigenvalue weighted by atomic mass is 79.9. The molecule has 0 saturated heterocycles. The highest BCUT2D eigenvalue weighted by molar-refractivity contribution is 9.10. The van der Waals surface area contributed by atoms with Crippen LogP contribution in [0.4, 0.5) is 17.2 Å². The van der Waals surface area contributed by atoms with Gasteiger partial charge in [0.25, 0.3) is 0 Å². The molecule has 0 unspecified atom stereocenters. The average molecular weight is 392 g/mol. The summed E-state index contributed by atoms with van der Waals surface area (Å²) < 4.78 is 6.67. The Morgan fingerprint density at radius 3 is 2.39 bits per heavy atom. The number of ether oxygens (including phenoxy) is 1. The summed E-state index contributed by atoms with van der Waals surface area (Å²) in [6, 6.07) is 14.6. The highest BCUT2D eigenvalue weighted by Gasteiger charge is 2.10. The van der Waals surface area contributed by atoms with Crippen molar-refractivity contribution in [3.63, 3.8) is 0 Å². The summed E-state index contributed by atoms with van der Waals surface area (Å²) in [7, 11) is 0. The number of nitrogens with one attached hydrogen (secondary N) is 1. The average Bonchev–Trinajstić information content (AvgIpc) is 2.55. The summed E-state index contributed by atoms with van der Waals surface area (Å²) in [6.07, 6.45) is 1.39. The molecule has 0 amide bonds. The fourth-order valence-corrected chi connectivity index (χ4v) is 2.23. The summed E-state index contributed by atoms with van der Waals surface area (Å²) in [6.45, 7) is 0. The second-order valence-corrected chi connectivity index (χ2v) is 5.98. The van der Waals surface area contributed by atoms with Crippen molar-refractivity contribution in [2.24, 2.45) is 0 Å². The van der Waals surface area contributed by atoms with Crippen LogP contribution >= 0.6 is 27.5 Å². The first kappa shape index (κ1) is 15.6. The van der Waals surface area contributed by atoms with Gasteiger partial charge in [-0.1, -0.05) is 27.5 Å². The van der Waals surface area contributed by atoms with Gasteiger partial charge in [-0.2, -0.15) is 4.98 Å². The van der Waals surface area contributed by atoms with Gasteiger partial charge in [-0.3, -0.25) is 0 Å². The molecule has 3 N–H and O–H groups in total. The first-order valence-corrected chi connectivity index (χ1v) is 7.85. The SMILES string of the molecule is Nc1c(Nc2ccc(Cl)cc2)ncnc1Oc1ccc(Br)cc1. The van der Waals surface area contributed by atoms with Crippen LogP contribution in [0.3, 0.4) is 0 Å². The van der Waals surface area contributed by atoms with E-state index in [4.69, 9.17) is 22.1 Å². The van der Waals surface area contributed by atoms with Crippen LogP contribution in [0.1, 0.15) is 0 Å². The van der Waals surface area contributed by atoms with Crippen molar-refractivity contribution in [1.29, 1.82) is 0 Å². The lowest BCUT2D eigenvalue weighted by Gasteiger charge is -2.11. The van der Waals surface area contributed by atoms with E-state index in [1.54, 1.807) is 12.1 Å². The molecule has 5 nitrogen and oxygen atoms in total. The predicted octanol–water partition coefficient (Wildman–Crippen LogP) is 5.01. The van der Waals surface area contributed by atoms with E-state index in [2.05, 4.69) is 31.2 Å². The van der Waals surface area contributed by atoms with Crippen molar-refractivity contribution in [2.45, 2.75) is 0 Å². The maximum Gasteiger partial charge on any atom is 0.248 e. The number of nitrogen functional groups attached to an aromatic ring is 1. The number of hydrogen-bond donors (Lipinski definition) is 2. The fourth-order valence-electron chi connectivity index (χ4n) is 1.84. The van der Waals surface area contributed by atoms with E-state index in [0.29, 0.717) is 28.2 Å². The van der Waals surface area contributed by atoms with Gasteiger partial charge >= 0.3 is 0 Å². The summed E-state index contributed by atoms with van der Waals surface area (Å²) in [4.78, 5) is 8.23. The predicted molar refractivity (Wildman–Crippen MR) is 95.4 cm³/mol. The van der Waals surface area contributed by atoms with Gasteiger partial charge in [-0.25, -0.2) is 4.98 Å². The van der Waals surface area contributed by atoms with E-state index in [-0.39, 0.29) is 0 Å². The first-order valence-electron chi connectivity index (χ1n) is 6.68. The molecule has 1 heterocycles. The Morgan fingerprint density at radius 1 is 1.00 bits per heavy atom. The Balaban J connectivity index is 1.83. The molecule has 1 aromatic heterocycles. The number of rotatable bonds is 4. The van der Waals surface area contributed by atoms with Crippen LogP contribution < -0.4 is 15.8 Å². The maximum absolute atomic E-state index is 6.09. The fraction of sp³-hybridized carbons (Fsp3) is 0. The Kier molecular flexibility index (Phi) is 4.64. The van der Waals surface area contributed by atoms with Crippen LogP contribution in [0.15, 0.2) is 59.3 Å². The molecule has 0 radical (unpaired) electrons. The molecule has 0 fully saturated rings. The van der Waals surface area contributed by atoms with E-state index < -0.39 is 0 Å². The largest absolute Gasteiger partial charge is 0.437 e. The molecule has 0 aliphatic carbocycles. The molecular formula is C16H12BrClN4O. The van der Waals surface area contributed by atoms with Gasteiger partial charge in [0.1, 0.15) is 17.8 Å². The van der Waals surface area contributed by atoms with Gasteiger partial charge in [-0.15, -0.1) is 0 Å². The third-order valence-corrected chi connectivity index (χ3v) is 3.76. The summed E-state index contributed by atoms with van der Waals surface area (Å²) in [5.74, 6) is 1.39. The van der Waals surface area contributed by atoms with Gasteiger partial charge in [0.2, 0.25) is 5.88 Å². The minimum Gasteiger partial charge on any atom is -0.437 e. The normalized spacial score (nSPS) is 10.3. The number of aromatic nitrogens is 2. The number of halogens is 2. The zero-order valence-electron chi connectivity index (χ0n) is 11.8. The zero-order valence-corrected chi connectivity index (χ0v) is 14.2. The van der Waals surface area contributed by atoms with Crippen molar-refractivity contribution < 1.29 is 4.74 Å². The Labute approximate surface area is 146 Å². The van der Waals surface area contributed by atoms with E-state index in [0.717, 1.165) is 10.2 Å². The Bertz CT molecular complexity index is 744. The van der Waals surface area contributed by atoms with Gasteiger partial charge in [-0.05, 0) is 48.5 Å². The van der Waals surface area contributed by atoms with Gasteiger partial charge in [0, 0.05) is 15.2 Å². The summed E-state index contributed by atoms with van der Waals surface area (Å²) in [5, 5.41) is 3.77. The number of anilines is 3. The molecular weight excluding hydrogens is 380 g/mol. The van der Waals surface area contributed by atoms with Gasteiger partial charge in [0.05, 0.1) is 0 Å². The lowest BCUT2D eigenvalue weighted by atomic mass is 10.3. The van der Waals surface area contributed by atoms with Gasteiger partial charge < -0.3 is 15.8 Å². The van der Waals surface area contributed by atoms with E-state index in [1.165, 1.54) is 6.33 Å². The van der Waals surface area contributed by atoms with Crippen molar-refractivity contribution in [3.05, 3.63) is 64.4 Å². The minimum absolute atomic E-state index is 0.291. The summed E-state index contributed by atoms with van der Waals surface area (Å²) in [5.41, 5.74) is 7.23. The van der Waals surface area contributed by atoms with Crippen LogP contribution in [-0.2, 0) is 0 Å². The van der Waals surface area contributed by atoms with Crippen molar-refractivity contribution in [1.82, 2.24) is 9.97 Å². The molecule has 23 heavy (non-hydrogen) atoms. The van der Waals surface area contributed by atoms with Crippen molar-refractivity contribution >= 4 is 44.7 Å². The standard InChI is InChI=1S/C16H12BrClN4O/c17-10-1-7-13(8-2-10)23-16-14(19)15(20-9-21-16)22-12-5-3-11(18)4-6-12/h1-9H,19H2,(H,20,21,22). The molecule has 7 heteroatoms. The Hall–Kier alpha value is -2.31. The molecule has 0 aliphatic rings. The molecule has 3 rings (SSSR count). The van der Waals surface area contributed by atoms with E-state index in [1.807, 2.05) is 36.4 Å². The molecule has 0 saturated carbocycles. The van der Waals surface area contributed by atoms with Crippen molar-refractivity contribution in [2.75, 3.05) is 11.1 Å². The van der Waals surface area contributed by atoms with E-state index in [9.17, 15) is 0 Å². The van der Waals surface area contributed by atoms with Crippen molar-refractivity contribution in [3.8, 4) is 11.6 Å². The first-order chi connectivity index (χ1) is 11.1. The zero-order chi connectivity index (χ0) is 16.2. The topological polar surface area (TPSA) is 73.1 Å². The number of hydrogen-bond acceptors (Lipinski definition) is 5. The minimum atomic E-state index is 0.291. The molecule has 116 valence electrons. The lowest BCUT2D eigenvalue weighted by Crippen LogP contribution is -2.03. The number of nitrogens with two attached hydrogens (primary N) is 1. The second kappa shape index (κ2) is 6.85. The molecule has 2 aromatic carbocycles. The maximum atomic E-state index is 6.09. The van der Waals surface area contributed by atoms with Crippen LogP contribution in [0.5, 0.6) is 11.6 Å². The lowest BCUT2D eigenvalue weighted by molar-refractivity contribution is 0.464. The molecule has 0 spiro atoms. The van der Waals surface area contributed by atoms with Crippen LogP contribution in [0, 0.1) is 0 Å². The molecule has 0 atom stereocenters. The summed E-state index contributed by atoms with van der Waals surface area (Å²) >= 11 is 9.24. The second-order valence-electron chi connectivity index (χ2n) is 4.63. The number of benzene rings is 2. The third-order valence-electron chi connectivity index (χ3n) is 2.98. The van der Waals surface area contributed by atoms with E-state index >= 15 is 0 Å². The Morgan fingerprint density at radius 2 is 1.70 bits per heavy atom. The molecule has 0 aliphatic heterocycles. The highest BCUT2D eigenvalue weighted by Crippen LogP contribution is 2.31. The molecule has 0 bridgehead atoms. The third kappa shape index (κ3) is 3.91. The van der Waals surface area contributed by atoms with Crippen LogP contribution in [0.2, 0.25) is 5.02 Å². The smallest absolute Gasteiger partial charge is 0.248 e. The van der Waals surface area contributed by atoms with Gasteiger partial charge in [0.15, 0.2) is 5.82 Å². The quantitative estimate of drug-likeness (QED) is 0.654. The van der Waals surface area contributed by atoms with Crippen LogP contribution in [-0.4, -0.2) is 9.97 Å². The number of nitrogens with zero attached hydrogens (tertiary/aromatic N) is 2. The monoisotopic (exact) mass is 390 g/mol. The molecule has 3 aromatic rings.